The average molecular weight is 227 g/mol. The normalized spacial score (nSPS) is 15.6. The molecule has 4 heteroatoms. The van der Waals surface area contributed by atoms with E-state index in [9.17, 15) is 0 Å². The van der Waals surface area contributed by atoms with E-state index in [0.717, 1.165) is 16.6 Å². The molecule has 0 saturated heterocycles. The molecule has 2 unspecified atom stereocenters. The second-order valence-corrected chi connectivity index (χ2v) is 5.33. The minimum Gasteiger partial charge on any atom is -0.308 e. The van der Waals surface area contributed by atoms with Crippen molar-refractivity contribution in [3.63, 3.8) is 0 Å². The van der Waals surface area contributed by atoms with E-state index in [2.05, 4.69) is 50.1 Å². The second-order valence-electron chi connectivity index (χ2n) is 4.29. The van der Waals surface area contributed by atoms with Crippen LogP contribution in [0.3, 0.4) is 0 Å². The van der Waals surface area contributed by atoms with Crippen molar-refractivity contribution in [3.8, 4) is 0 Å². The van der Waals surface area contributed by atoms with Gasteiger partial charge in [0.2, 0.25) is 0 Å². The molecule has 0 fully saturated rings. The highest BCUT2D eigenvalue weighted by Gasteiger charge is 2.17. The summed E-state index contributed by atoms with van der Waals surface area (Å²) >= 11 is 1.73. The quantitative estimate of drug-likeness (QED) is 0.840. The molecule has 0 saturated carbocycles. The summed E-state index contributed by atoms with van der Waals surface area (Å²) in [6, 6.07) is 0.320. The minimum atomic E-state index is 0.320. The lowest BCUT2D eigenvalue weighted by atomic mass is 9.99. The van der Waals surface area contributed by atoms with Crippen LogP contribution in [0.5, 0.6) is 0 Å². The lowest BCUT2D eigenvalue weighted by Crippen LogP contribution is -2.17. The van der Waals surface area contributed by atoms with E-state index < -0.39 is 0 Å². The average Bonchev–Trinajstić information content (AvgIpc) is 2.65. The predicted molar refractivity (Wildman–Crippen MR) is 65.3 cm³/mol. The Morgan fingerprint density at radius 2 is 1.73 bits per heavy atom. The summed E-state index contributed by atoms with van der Waals surface area (Å²) in [5, 5.41) is 14.1. The molecule has 3 nitrogen and oxygen atoms in total. The molecule has 1 aromatic heterocycles. The number of aromatic nitrogens is 2. The van der Waals surface area contributed by atoms with Gasteiger partial charge in [0.1, 0.15) is 10.0 Å². The summed E-state index contributed by atoms with van der Waals surface area (Å²) in [7, 11) is 0. The van der Waals surface area contributed by atoms with E-state index in [1.54, 1.807) is 11.3 Å². The van der Waals surface area contributed by atoms with Gasteiger partial charge in [-0.1, -0.05) is 39.0 Å². The van der Waals surface area contributed by atoms with Crippen molar-refractivity contribution < 1.29 is 0 Å². The van der Waals surface area contributed by atoms with E-state index in [4.69, 9.17) is 0 Å². The molecule has 0 aromatic carbocycles. The van der Waals surface area contributed by atoms with Crippen LogP contribution in [0, 0.1) is 5.92 Å². The molecule has 0 spiro atoms. The Labute approximate surface area is 96.3 Å². The standard InChI is InChI=1S/C11H21N3S/c1-6-12-9(5)11-14-13-10(15-11)8(4)7(2)3/h7-9,12H,6H2,1-5H3. The zero-order valence-electron chi connectivity index (χ0n) is 10.2. The van der Waals surface area contributed by atoms with Gasteiger partial charge in [-0.25, -0.2) is 0 Å². The third-order valence-corrected chi connectivity index (χ3v) is 4.03. The molecule has 0 aliphatic carbocycles. The maximum atomic E-state index is 4.27. The molecular weight excluding hydrogens is 206 g/mol. The smallest absolute Gasteiger partial charge is 0.134 e. The highest BCUT2D eigenvalue weighted by molar-refractivity contribution is 7.11. The zero-order chi connectivity index (χ0) is 11.4. The number of nitrogens with one attached hydrogen (secondary N) is 1. The third kappa shape index (κ3) is 3.24. The number of hydrogen-bond donors (Lipinski definition) is 1. The molecular formula is C11H21N3S. The van der Waals surface area contributed by atoms with Crippen LogP contribution < -0.4 is 5.32 Å². The number of hydrogen-bond acceptors (Lipinski definition) is 4. The van der Waals surface area contributed by atoms with Gasteiger partial charge in [0.05, 0.1) is 6.04 Å². The van der Waals surface area contributed by atoms with Gasteiger partial charge < -0.3 is 5.32 Å². The van der Waals surface area contributed by atoms with E-state index in [1.165, 1.54) is 0 Å². The summed E-state index contributed by atoms with van der Waals surface area (Å²) in [5.74, 6) is 1.13. The fourth-order valence-corrected chi connectivity index (χ4v) is 2.38. The molecule has 0 aliphatic rings. The van der Waals surface area contributed by atoms with Crippen LogP contribution in [-0.2, 0) is 0 Å². The maximum absolute atomic E-state index is 4.27. The van der Waals surface area contributed by atoms with Crippen molar-refractivity contribution in [2.24, 2.45) is 5.92 Å². The molecule has 0 radical (unpaired) electrons. The van der Waals surface area contributed by atoms with E-state index in [-0.39, 0.29) is 0 Å². The summed E-state index contributed by atoms with van der Waals surface area (Å²) in [5.41, 5.74) is 0. The van der Waals surface area contributed by atoms with Gasteiger partial charge in [0.15, 0.2) is 0 Å². The lowest BCUT2D eigenvalue weighted by Gasteiger charge is -2.11. The maximum Gasteiger partial charge on any atom is 0.134 e. The molecule has 0 bridgehead atoms. The van der Waals surface area contributed by atoms with E-state index >= 15 is 0 Å². The summed E-state index contributed by atoms with van der Waals surface area (Å²) in [6.45, 7) is 11.9. The van der Waals surface area contributed by atoms with Crippen LogP contribution in [0.1, 0.15) is 56.6 Å². The van der Waals surface area contributed by atoms with Gasteiger partial charge in [-0.05, 0) is 19.4 Å². The molecule has 2 atom stereocenters. The largest absolute Gasteiger partial charge is 0.308 e. The molecule has 15 heavy (non-hydrogen) atoms. The molecule has 1 aromatic rings. The second kappa shape index (κ2) is 5.56. The Balaban J connectivity index is 2.71. The minimum absolute atomic E-state index is 0.320. The molecule has 86 valence electrons. The first-order valence-electron chi connectivity index (χ1n) is 5.62. The first-order chi connectivity index (χ1) is 7.06. The Kier molecular flexibility index (Phi) is 4.67. The number of rotatable bonds is 5. The monoisotopic (exact) mass is 227 g/mol. The van der Waals surface area contributed by atoms with Crippen LogP contribution in [0.15, 0.2) is 0 Å². The Hall–Kier alpha value is -0.480. The molecule has 0 amide bonds. The van der Waals surface area contributed by atoms with Crippen LogP contribution >= 0.6 is 11.3 Å². The molecule has 1 rings (SSSR count). The molecule has 1 heterocycles. The van der Waals surface area contributed by atoms with Gasteiger partial charge in [-0.3, -0.25) is 0 Å². The van der Waals surface area contributed by atoms with Crippen molar-refractivity contribution in [3.05, 3.63) is 10.0 Å². The zero-order valence-corrected chi connectivity index (χ0v) is 11.1. The predicted octanol–water partition coefficient (Wildman–Crippen LogP) is 2.97. The van der Waals surface area contributed by atoms with Crippen LogP contribution in [-0.4, -0.2) is 16.7 Å². The van der Waals surface area contributed by atoms with Crippen LogP contribution in [0.2, 0.25) is 0 Å². The highest BCUT2D eigenvalue weighted by atomic mass is 32.1. The lowest BCUT2D eigenvalue weighted by molar-refractivity contribution is 0.528. The van der Waals surface area contributed by atoms with Gasteiger partial charge >= 0.3 is 0 Å². The highest BCUT2D eigenvalue weighted by Crippen LogP contribution is 2.28. The van der Waals surface area contributed by atoms with Crippen molar-refractivity contribution in [1.82, 2.24) is 15.5 Å². The number of nitrogens with zero attached hydrogens (tertiary/aromatic N) is 2. The van der Waals surface area contributed by atoms with E-state index in [1.807, 2.05) is 0 Å². The third-order valence-electron chi connectivity index (χ3n) is 2.73. The fourth-order valence-electron chi connectivity index (χ4n) is 1.28. The first kappa shape index (κ1) is 12.6. The van der Waals surface area contributed by atoms with Crippen molar-refractivity contribution >= 4 is 11.3 Å². The Bertz CT molecular complexity index is 296. The van der Waals surface area contributed by atoms with Crippen molar-refractivity contribution in [1.29, 1.82) is 0 Å². The van der Waals surface area contributed by atoms with E-state index in [0.29, 0.717) is 17.9 Å². The van der Waals surface area contributed by atoms with Crippen LogP contribution in [0.4, 0.5) is 0 Å². The van der Waals surface area contributed by atoms with Crippen molar-refractivity contribution in [2.75, 3.05) is 6.54 Å². The summed E-state index contributed by atoms with van der Waals surface area (Å²) in [4.78, 5) is 0. The van der Waals surface area contributed by atoms with Crippen LogP contribution in [0.25, 0.3) is 0 Å². The SMILES string of the molecule is CCNC(C)c1nnc(C(C)C(C)C)s1. The Morgan fingerprint density at radius 1 is 1.13 bits per heavy atom. The topological polar surface area (TPSA) is 37.8 Å². The molecule has 0 aliphatic heterocycles. The van der Waals surface area contributed by atoms with Crippen molar-refractivity contribution in [2.45, 2.75) is 46.6 Å². The van der Waals surface area contributed by atoms with Gasteiger partial charge in [0.25, 0.3) is 0 Å². The fraction of sp³-hybridized carbons (Fsp3) is 0.818. The van der Waals surface area contributed by atoms with Gasteiger partial charge in [-0.15, -0.1) is 10.2 Å². The molecule has 1 N–H and O–H groups in total. The summed E-state index contributed by atoms with van der Waals surface area (Å²) in [6.07, 6.45) is 0. The van der Waals surface area contributed by atoms with Gasteiger partial charge in [-0.2, -0.15) is 0 Å². The van der Waals surface area contributed by atoms with Gasteiger partial charge in [0, 0.05) is 5.92 Å². The summed E-state index contributed by atoms with van der Waals surface area (Å²) < 4.78 is 0. The first-order valence-corrected chi connectivity index (χ1v) is 6.44. The Morgan fingerprint density at radius 3 is 2.27 bits per heavy atom.